The van der Waals surface area contributed by atoms with Crippen molar-refractivity contribution in [2.75, 3.05) is 37.4 Å². The lowest BCUT2D eigenvalue weighted by Gasteiger charge is -2.36. The van der Waals surface area contributed by atoms with E-state index >= 15 is 0 Å². The van der Waals surface area contributed by atoms with Crippen molar-refractivity contribution in [2.45, 2.75) is 25.8 Å². The summed E-state index contributed by atoms with van der Waals surface area (Å²) >= 11 is 0. The van der Waals surface area contributed by atoms with E-state index in [0.29, 0.717) is 34.0 Å². The van der Waals surface area contributed by atoms with Crippen molar-refractivity contribution < 1.29 is 9.18 Å². The molecular formula is C24H26FN7O. The van der Waals surface area contributed by atoms with Crippen LogP contribution in [0.1, 0.15) is 28.9 Å². The molecule has 4 heterocycles. The van der Waals surface area contributed by atoms with Crippen molar-refractivity contribution in [3.8, 4) is 0 Å². The molecule has 33 heavy (non-hydrogen) atoms. The van der Waals surface area contributed by atoms with Gasteiger partial charge in [0, 0.05) is 50.0 Å². The van der Waals surface area contributed by atoms with Crippen molar-refractivity contribution in [1.29, 1.82) is 0 Å². The van der Waals surface area contributed by atoms with Gasteiger partial charge in [-0.25, -0.2) is 9.37 Å². The first-order valence-electron chi connectivity index (χ1n) is 11.0. The molecule has 8 nitrogen and oxygen atoms in total. The first-order chi connectivity index (χ1) is 15.9. The van der Waals surface area contributed by atoms with Crippen LogP contribution in [0.2, 0.25) is 0 Å². The van der Waals surface area contributed by atoms with Crippen LogP contribution in [0.3, 0.4) is 0 Å². The van der Waals surface area contributed by atoms with E-state index in [1.165, 1.54) is 6.07 Å². The van der Waals surface area contributed by atoms with Gasteiger partial charge in [-0.05, 0) is 46.0 Å². The van der Waals surface area contributed by atoms with Crippen molar-refractivity contribution in [3.63, 3.8) is 0 Å². The quantitative estimate of drug-likeness (QED) is 0.516. The van der Waals surface area contributed by atoms with E-state index in [2.05, 4.69) is 44.2 Å². The standard InChI is InChI=1S/C24H26FN7O/c1-15-13-32-14-16(12-19(25)23(32)28-15)29-24(33)18-4-5-20(22-21(18)26-8-9-27-22)31-10-6-17(7-11-31)30(2)3/h4-5,8-9,12-14,17H,6-7,10-11H2,1-3H3,(H,29,33). The molecule has 4 aromatic rings. The van der Waals surface area contributed by atoms with Crippen molar-refractivity contribution in [2.24, 2.45) is 0 Å². The van der Waals surface area contributed by atoms with E-state index in [4.69, 9.17) is 0 Å². The second kappa shape index (κ2) is 8.40. The molecule has 1 aliphatic heterocycles. The maximum Gasteiger partial charge on any atom is 0.257 e. The molecular weight excluding hydrogens is 421 g/mol. The monoisotopic (exact) mass is 447 g/mol. The summed E-state index contributed by atoms with van der Waals surface area (Å²) in [6.07, 6.45) is 8.72. The van der Waals surface area contributed by atoms with Crippen LogP contribution in [0.25, 0.3) is 16.7 Å². The number of carbonyl (C=O) groups is 1. The van der Waals surface area contributed by atoms with Gasteiger partial charge < -0.3 is 19.5 Å². The second-order valence-corrected chi connectivity index (χ2v) is 8.71. The lowest BCUT2D eigenvalue weighted by Crippen LogP contribution is -2.42. The molecule has 0 spiro atoms. The normalized spacial score (nSPS) is 15.0. The molecule has 1 aliphatic rings. The molecule has 0 aliphatic carbocycles. The zero-order valence-electron chi connectivity index (χ0n) is 18.9. The molecule has 0 bridgehead atoms. The Morgan fingerprint density at radius 3 is 2.58 bits per heavy atom. The maximum absolute atomic E-state index is 14.4. The fourth-order valence-corrected chi connectivity index (χ4v) is 4.55. The van der Waals surface area contributed by atoms with Crippen LogP contribution >= 0.6 is 0 Å². The van der Waals surface area contributed by atoms with Gasteiger partial charge >= 0.3 is 0 Å². The number of anilines is 2. The van der Waals surface area contributed by atoms with Gasteiger partial charge in [-0.2, -0.15) is 0 Å². The molecule has 170 valence electrons. The molecule has 1 N–H and O–H groups in total. The molecule has 9 heteroatoms. The van der Waals surface area contributed by atoms with E-state index in [-0.39, 0.29) is 11.6 Å². The Kier molecular flexibility index (Phi) is 5.41. The molecule has 0 unspecified atom stereocenters. The highest BCUT2D eigenvalue weighted by molar-refractivity contribution is 6.13. The van der Waals surface area contributed by atoms with Crippen molar-refractivity contribution in [1.82, 2.24) is 24.3 Å². The van der Waals surface area contributed by atoms with E-state index in [1.54, 1.807) is 42.2 Å². The summed E-state index contributed by atoms with van der Waals surface area (Å²) < 4.78 is 16.0. The van der Waals surface area contributed by atoms with Gasteiger partial charge in [-0.15, -0.1) is 0 Å². The number of benzene rings is 1. The van der Waals surface area contributed by atoms with Crippen LogP contribution in [0.5, 0.6) is 0 Å². The molecule has 3 aromatic heterocycles. The number of hydrogen-bond donors (Lipinski definition) is 1. The van der Waals surface area contributed by atoms with Gasteiger partial charge in [0.15, 0.2) is 11.5 Å². The van der Waals surface area contributed by atoms with Gasteiger partial charge in [0.05, 0.1) is 22.6 Å². The first-order valence-corrected chi connectivity index (χ1v) is 11.0. The number of nitrogens with one attached hydrogen (secondary N) is 1. The van der Waals surface area contributed by atoms with Gasteiger partial charge in [0.25, 0.3) is 5.91 Å². The Balaban J connectivity index is 1.44. The number of carbonyl (C=O) groups excluding carboxylic acids is 1. The Labute approximate surface area is 191 Å². The highest BCUT2D eigenvalue weighted by Gasteiger charge is 2.24. The zero-order chi connectivity index (χ0) is 23.1. The maximum atomic E-state index is 14.4. The summed E-state index contributed by atoms with van der Waals surface area (Å²) in [4.78, 5) is 30.9. The first kappa shape index (κ1) is 21.3. The van der Waals surface area contributed by atoms with E-state index < -0.39 is 5.82 Å². The third-order valence-corrected chi connectivity index (χ3v) is 6.27. The number of imidazole rings is 1. The van der Waals surface area contributed by atoms with Crippen LogP contribution < -0.4 is 10.2 Å². The van der Waals surface area contributed by atoms with Gasteiger partial charge in [-0.3, -0.25) is 14.8 Å². The van der Waals surface area contributed by atoms with Crippen LogP contribution in [0.4, 0.5) is 15.8 Å². The predicted molar refractivity (Wildman–Crippen MR) is 126 cm³/mol. The predicted octanol–water partition coefficient (Wildman–Crippen LogP) is 3.51. The minimum Gasteiger partial charge on any atom is -0.370 e. The Morgan fingerprint density at radius 1 is 1.12 bits per heavy atom. The minimum absolute atomic E-state index is 0.226. The zero-order valence-corrected chi connectivity index (χ0v) is 18.9. The molecule has 0 saturated carbocycles. The summed E-state index contributed by atoms with van der Waals surface area (Å²) in [5.41, 5.74) is 3.87. The molecule has 5 rings (SSSR count). The number of aryl methyl sites for hydroxylation is 1. The number of piperidine rings is 1. The Hall–Kier alpha value is -3.59. The third kappa shape index (κ3) is 4.00. The average molecular weight is 448 g/mol. The van der Waals surface area contributed by atoms with Crippen LogP contribution in [0, 0.1) is 12.7 Å². The van der Waals surface area contributed by atoms with E-state index in [1.807, 2.05) is 6.07 Å². The topological polar surface area (TPSA) is 78.7 Å². The largest absolute Gasteiger partial charge is 0.370 e. The number of rotatable bonds is 4. The van der Waals surface area contributed by atoms with E-state index in [0.717, 1.165) is 31.6 Å². The second-order valence-electron chi connectivity index (χ2n) is 8.71. The lowest BCUT2D eigenvalue weighted by atomic mass is 10.0. The summed E-state index contributed by atoms with van der Waals surface area (Å²) in [6, 6.07) is 5.55. The number of halogens is 1. The molecule has 0 atom stereocenters. The minimum atomic E-state index is -0.498. The highest BCUT2D eigenvalue weighted by atomic mass is 19.1. The number of aromatic nitrogens is 4. The SMILES string of the molecule is Cc1cn2cc(NC(=O)c3ccc(N4CCC(N(C)C)CC4)c4nccnc34)cc(F)c2n1. The Morgan fingerprint density at radius 2 is 1.85 bits per heavy atom. The summed E-state index contributed by atoms with van der Waals surface area (Å²) in [7, 11) is 4.23. The highest BCUT2D eigenvalue weighted by Crippen LogP contribution is 2.30. The van der Waals surface area contributed by atoms with Crippen molar-refractivity contribution in [3.05, 3.63) is 60.1 Å². The summed E-state index contributed by atoms with van der Waals surface area (Å²) in [5, 5.41) is 2.80. The lowest BCUT2D eigenvalue weighted by molar-refractivity contribution is 0.102. The van der Waals surface area contributed by atoms with Gasteiger partial charge in [-0.1, -0.05) is 0 Å². The average Bonchev–Trinajstić information content (AvgIpc) is 3.19. The summed E-state index contributed by atoms with van der Waals surface area (Å²) in [6.45, 7) is 3.63. The molecule has 1 saturated heterocycles. The number of hydrogen-bond acceptors (Lipinski definition) is 6. The number of fused-ring (bicyclic) bond motifs is 2. The smallest absolute Gasteiger partial charge is 0.257 e. The fraction of sp³-hybridized carbons (Fsp3) is 0.333. The molecule has 1 fully saturated rings. The van der Waals surface area contributed by atoms with Crippen LogP contribution in [0.15, 0.2) is 43.0 Å². The number of nitrogens with zero attached hydrogens (tertiary/aromatic N) is 6. The van der Waals surface area contributed by atoms with Crippen LogP contribution in [-0.2, 0) is 0 Å². The summed E-state index contributed by atoms with van der Waals surface area (Å²) in [5.74, 6) is -0.865. The van der Waals surface area contributed by atoms with Gasteiger partial charge in [0.2, 0.25) is 0 Å². The van der Waals surface area contributed by atoms with Crippen LogP contribution in [-0.4, -0.2) is 63.4 Å². The van der Waals surface area contributed by atoms with Gasteiger partial charge in [0.1, 0.15) is 11.0 Å². The molecule has 0 radical (unpaired) electrons. The van der Waals surface area contributed by atoms with E-state index in [9.17, 15) is 9.18 Å². The number of amides is 1. The molecule has 1 amide bonds. The Bertz CT molecular complexity index is 1340. The number of pyridine rings is 1. The fourth-order valence-electron chi connectivity index (χ4n) is 4.55. The third-order valence-electron chi connectivity index (χ3n) is 6.27. The molecule has 1 aromatic carbocycles. The van der Waals surface area contributed by atoms with Crippen molar-refractivity contribution >= 4 is 34.0 Å².